The molecule has 0 aliphatic carbocycles. The normalized spacial score (nSPS) is 13.2. The largest absolute Gasteiger partial charge is 0.421 e. The lowest BCUT2D eigenvalue weighted by atomic mass is 10.1. The fourth-order valence-corrected chi connectivity index (χ4v) is 3.77. The molecule has 1 aliphatic heterocycles. The van der Waals surface area contributed by atoms with Crippen LogP contribution in [0.4, 0.5) is 42.3 Å². The molecule has 0 saturated carbocycles. The van der Waals surface area contributed by atoms with Gasteiger partial charge in [-0.2, -0.15) is 18.2 Å². The van der Waals surface area contributed by atoms with Crippen molar-refractivity contribution < 1.29 is 26.4 Å². The maximum atomic E-state index is 13.6. The molecule has 4 rings (SSSR count). The van der Waals surface area contributed by atoms with Crippen molar-refractivity contribution in [2.24, 2.45) is 0 Å². The first-order chi connectivity index (χ1) is 16.8. The maximum Gasteiger partial charge on any atom is 0.421 e. The molecule has 3 aromatic rings. The molecule has 36 heavy (non-hydrogen) atoms. The summed E-state index contributed by atoms with van der Waals surface area (Å²) in [6, 6.07) is 6.52. The minimum atomic E-state index is -4.73. The van der Waals surface area contributed by atoms with Crippen LogP contribution in [0.5, 0.6) is 0 Å². The summed E-state index contributed by atoms with van der Waals surface area (Å²) in [5, 5.41) is 8.16. The number of carbonyl (C=O) groups excluding carboxylic acids is 1. The lowest BCUT2D eigenvalue weighted by Gasteiger charge is -2.17. The van der Waals surface area contributed by atoms with E-state index in [0.717, 1.165) is 16.1 Å². The van der Waals surface area contributed by atoms with Gasteiger partial charge in [0.25, 0.3) is 0 Å². The Morgan fingerprint density at radius 3 is 2.61 bits per heavy atom. The van der Waals surface area contributed by atoms with E-state index in [-0.39, 0.29) is 36.5 Å². The smallest absolute Gasteiger partial charge is 0.364 e. The molecule has 0 radical (unpaired) electrons. The number of nitrogens with zero attached hydrogens (tertiary/aromatic N) is 5. The molecular formula is C21H21F3N8O3S. The van der Waals surface area contributed by atoms with Gasteiger partial charge in [-0.3, -0.25) is 4.79 Å². The third-order valence-corrected chi connectivity index (χ3v) is 6.35. The van der Waals surface area contributed by atoms with Crippen molar-refractivity contribution in [1.82, 2.24) is 19.9 Å². The van der Waals surface area contributed by atoms with Crippen LogP contribution in [0.25, 0.3) is 0 Å². The average Bonchev–Trinajstić information content (AvgIpc) is 3.14. The van der Waals surface area contributed by atoms with Crippen LogP contribution in [0.3, 0.4) is 0 Å². The SMILES string of the molecule is Cc1cc(CNc2nc(Nc3ccc4c(c3)CC(=O)N4)ncc2C(F)(F)F)nc(N(C)S(C)(=O)=O)n1. The van der Waals surface area contributed by atoms with E-state index >= 15 is 0 Å². The van der Waals surface area contributed by atoms with E-state index < -0.39 is 27.6 Å². The van der Waals surface area contributed by atoms with Crippen LogP contribution in [-0.4, -0.2) is 47.6 Å². The predicted molar refractivity (Wildman–Crippen MR) is 126 cm³/mol. The number of alkyl halides is 3. The molecule has 2 aromatic heterocycles. The van der Waals surface area contributed by atoms with Gasteiger partial charge in [-0.1, -0.05) is 0 Å². The summed E-state index contributed by atoms with van der Waals surface area (Å²) in [5.41, 5.74) is 1.50. The second kappa shape index (κ2) is 9.22. The Balaban J connectivity index is 1.59. The minimum Gasteiger partial charge on any atom is -0.364 e. The number of aromatic nitrogens is 4. The fourth-order valence-electron chi connectivity index (χ4n) is 3.39. The Hall–Kier alpha value is -4.01. The number of rotatable bonds is 7. The van der Waals surface area contributed by atoms with Gasteiger partial charge in [-0.05, 0) is 36.8 Å². The highest BCUT2D eigenvalue weighted by Crippen LogP contribution is 2.34. The van der Waals surface area contributed by atoms with Crippen molar-refractivity contribution in [2.45, 2.75) is 26.1 Å². The Labute approximate surface area is 204 Å². The second-order valence-corrected chi connectivity index (χ2v) is 10.1. The van der Waals surface area contributed by atoms with E-state index in [2.05, 4.69) is 35.9 Å². The van der Waals surface area contributed by atoms with Gasteiger partial charge in [0.05, 0.1) is 24.9 Å². The third-order valence-electron chi connectivity index (χ3n) is 5.19. The zero-order valence-electron chi connectivity index (χ0n) is 19.3. The van der Waals surface area contributed by atoms with E-state index in [1.165, 1.54) is 13.1 Å². The summed E-state index contributed by atoms with van der Waals surface area (Å²) in [4.78, 5) is 27.5. The second-order valence-electron chi connectivity index (χ2n) is 8.06. The zero-order valence-corrected chi connectivity index (χ0v) is 20.1. The molecule has 0 saturated heterocycles. The molecule has 0 unspecified atom stereocenters. The lowest BCUT2D eigenvalue weighted by molar-refractivity contribution is -0.137. The molecule has 0 bridgehead atoms. The van der Waals surface area contributed by atoms with Crippen molar-refractivity contribution in [3.63, 3.8) is 0 Å². The fraction of sp³-hybridized carbons (Fsp3) is 0.286. The number of hydrogen-bond donors (Lipinski definition) is 3. The van der Waals surface area contributed by atoms with Crippen molar-refractivity contribution in [3.8, 4) is 0 Å². The summed E-state index contributed by atoms with van der Waals surface area (Å²) >= 11 is 0. The maximum absolute atomic E-state index is 13.6. The third kappa shape index (κ3) is 5.62. The Kier molecular flexibility index (Phi) is 6.43. The van der Waals surface area contributed by atoms with Gasteiger partial charge < -0.3 is 16.0 Å². The summed E-state index contributed by atoms with van der Waals surface area (Å²) in [6.45, 7) is 1.42. The average molecular weight is 523 g/mol. The minimum absolute atomic E-state index is 0.0981. The van der Waals surface area contributed by atoms with Crippen LogP contribution in [0.2, 0.25) is 0 Å². The number of halogens is 3. The number of aryl methyl sites for hydroxylation is 1. The molecular weight excluding hydrogens is 501 g/mol. The number of nitrogens with one attached hydrogen (secondary N) is 3. The van der Waals surface area contributed by atoms with Gasteiger partial charge in [0.15, 0.2) is 0 Å². The first-order valence-corrected chi connectivity index (χ1v) is 12.3. The summed E-state index contributed by atoms with van der Waals surface area (Å²) < 4.78 is 65.3. The molecule has 1 aromatic carbocycles. The first-order valence-electron chi connectivity index (χ1n) is 10.5. The van der Waals surface area contributed by atoms with Crippen molar-refractivity contribution in [3.05, 3.63) is 53.0 Å². The molecule has 1 amide bonds. The molecule has 190 valence electrons. The standard InChI is InChI=1S/C21H21F3N8O3S/c1-11-6-14(29-20(27-11)32(2)36(3,34)35)9-25-18-15(21(22,23)24)10-26-19(31-18)28-13-4-5-16-12(7-13)8-17(33)30-16/h4-7,10H,8-9H2,1-3H3,(H,30,33)(H2,25,26,28,31). The number of carbonyl (C=O) groups is 1. The number of amides is 1. The number of hydrogen-bond acceptors (Lipinski definition) is 9. The van der Waals surface area contributed by atoms with E-state index in [1.54, 1.807) is 25.1 Å². The molecule has 1 aliphatic rings. The topological polar surface area (TPSA) is 142 Å². The van der Waals surface area contributed by atoms with E-state index in [4.69, 9.17) is 0 Å². The van der Waals surface area contributed by atoms with Crippen molar-refractivity contribution >= 4 is 45.0 Å². The van der Waals surface area contributed by atoms with E-state index in [1.807, 2.05) is 0 Å². The number of anilines is 5. The molecule has 15 heteroatoms. The predicted octanol–water partition coefficient (Wildman–Crippen LogP) is 2.84. The highest BCUT2D eigenvalue weighted by Gasteiger charge is 2.35. The van der Waals surface area contributed by atoms with Crippen molar-refractivity contribution in [2.75, 3.05) is 33.6 Å². The highest BCUT2D eigenvalue weighted by molar-refractivity contribution is 7.92. The Morgan fingerprint density at radius 1 is 1.17 bits per heavy atom. The highest BCUT2D eigenvalue weighted by atomic mass is 32.2. The van der Waals surface area contributed by atoms with E-state index in [9.17, 15) is 26.4 Å². The van der Waals surface area contributed by atoms with Gasteiger partial charge in [0.1, 0.15) is 11.4 Å². The Morgan fingerprint density at radius 2 is 1.92 bits per heavy atom. The zero-order chi connectivity index (χ0) is 26.3. The summed E-state index contributed by atoms with van der Waals surface area (Å²) in [6.07, 6.45) is -2.90. The number of benzene rings is 1. The Bertz CT molecular complexity index is 1450. The molecule has 0 spiro atoms. The van der Waals surface area contributed by atoms with Gasteiger partial charge in [0, 0.05) is 30.3 Å². The number of fused-ring (bicyclic) bond motifs is 1. The van der Waals surface area contributed by atoms with Crippen LogP contribution >= 0.6 is 0 Å². The van der Waals surface area contributed by atoms with Crippen LogP contribution in [0, 0.1) is 6.92 Å². The van der Waals surface area contributed by atoms with Crippen molar-refractivity contribution in [1.29, 1.82) is 0 Å². The van der Waals surface area contributed by atoms with Gasteiger partial charge in [-0.15, -0.1) is 0 Å². The molecule has 0 fully saturated rings. The summed E-state index contributed by atoms with van der Waals surface area (Å²) in [5.74, 6) is -0.850. The van der Waals surface area contributed by atoms with Gasteiger partial charge in [0.2, 0.25) is 27.8 Å². The lowest BCUT2D eigenvalue weighted by Crippen LogP contribution is -2.27. The monoisotopic (exact) mass is 522 g/mol. The van der Waals surface area contributed by atoms with Crippen LogP contribution in [-0.2, 0) is 34.0 Å². The summed E-state index contributed by atoms with van der Waals surface area (Å²) in [7, 11) is -2.36. The first kappa shape index (κ1) is 25.1. The molecule has 3 N–H and O–H groups in total. The van der Waals surface area contributed by atoms with E-state index in [0.29, 0.717) is 23.3 Å². The van der Waals surface area contributed by atoms with Gasteiger partial charge >= 0.3 is 6.18 Å². The molecule has 3 heterocycles. The number of sulfonamides is 1. The van der Waals surface area contributed by atoms with Crippen LogP contribution < -0.4 is 20.3 Å². The molecule has 0 atom stereocenters. The quantitative estimate of drug-likeness (QED) is 0.427. The van der Waals surface area contributed by atoms with Crippen LogP contribution in [0.15, 0.2) is 30.5 Å². The van der Waals surface area contributed by atoms with Gasteiger partial charge in [-0.25, -0.2) is 27.7 Å². The molecule has 11 nitrogen and oxygen atoms in total. The van der Waals surface area contributed by atoms with Crippen LogP contribution in [0.1, 0.15) is 22.5 Å².